The van der Waals surface area contributed by atoms with Gasteiger partial charge in [-0.3, -0.25) is 4.90 Å². The van der Waals surface area contributed by atoms with Crippen molar-refractivity contribution in [2.75, 3.05) is 26.2 Å². The van der Waals surface area contributed by atoms with Crippen LogP contribution in [0, 0.1) is 6.92 Å². The summed E-state index contributed by atoms with van der Waals surface area (Å²) in [6.07, 6.45) is -4.40. The first-order valence-electron chi connectivity index (χ1n) is 6.21. The summed E-state index contributed by atoms with van der Waals surface area (Å²) >= 11 is 0. The zero-order valence-corrected chi connectivity index (χ0v) is 10.7. The van der Waals surface area contributed by atoms with Crippen molar-refractivity contribution in [1.82, 2.24) is 10.2 Å². The Kier molecular flexibility index (Phi) is 4.01. The number of hydrogen-bond donors (Lipinski definition) is 2. The number of alkyl halides is 3. The molecular weight excluding hydrogens is 257 g/mol. The number of phenols is 1. The maximum atomic E-state index is 13.3. The lowest BCUT2D eigenvalue weighted by Crippen LogP contribution is -2.49. The summed E-state index contributed by atoms with van der Waals surface area (Å²) in [6, 6.07) is 2.76. The topological polar surface area (TPSA) is 35.5 Å². The first kappa shape index (κ1) is 14.1. The quantitative estimate of drug-likeness (QED) is 0.868. The summed E-state index contributed by atoms with van der Waals surface area (Å²) in [5.41, 5.74) is 0.399. The lowest BCUT2D eigenvalue weighted by molar-refractivity contribution is -0.188. The SMILES string of the molecule is Cc1cccc([C@@H](N2CCNCC2)C(F)(F)F)c1O. The van der Waals surface area contributed by atoms with E-state index in [1.165, 1.54) is 11.0 Å². The van der Waals surface area contributed by atoms with Gasteiger partial charge in [0.05, 0.1) is 0 Å². The summed E-state index contributed by atoms with van der Waals surface area (Å²) in [5, 5.41) is 12.9. The number of phenolic OH excluding ortho intramolecular Hbond substituents is 1. The Labute approximate surface area is 110 Å². The van der Waals surface area contributed by atoms with Crippen LogP contribution in [0.4, 0.5) is 13.2 Å². The molecule has 2 rings (SSSR count). The molecule has 0 radical (unpaired) electrons. The maximum Gasteiger partial charge on any atom is 0.408 e. The highest BCUT2D eigenvalue weighted by atomic mass is 19.4. The number of aryl methyl sites for hydroxylation is 1. The largest absolute Gasteiger partial charge is 0.507 e. The fourth-order valence-electron chi connectivity index (χ4n) is 2.42. The number of hydrogen-bond acceptors (Lipinski definition) is 3. The molecule has 0 aromatic heterocycles. The molecule has 1 heterocycles. The first-order chi connectivity index (χ1) is 8.91. The van der Waals surface area contributed by atoms with Gasteiger partial charge in [-0.1, -0.05) is 18.2 Å². The molecule has 0 spiro atoms. The van der Waals surface area contributed by atoms with E-state index in [2.05, 4.69) is 5.32 Å². The van der Waals surface area contributed by atoms with E-state index in [-0.39, 0.29) is 11.3 Å². The molecule has 1 aliphatic rings. The standard InChI is InChI=1S/C13H17F3N2O/c1-9-3-2-4-10(11(9)19)12(13(14,15)16)18-7-5-17-6-8-18/h2-4,12,17,19H,5-8H2,1H3/t12-/m1/s1. The van der Waals surface area contributed by atoms with Gasteiger partial charge in [0.25, 0.3) is 0 Å². The zero-order chi connectivity index (χ0) is 14.0. The van der Waals surface area contributed by atoms with Crippen molar-refractivity contribution in [3.05, 3.63) is 29.3 Å². The van der Waals surface area contributed by atoms with Crippen LogP contribution in [0.3, 0.4) is 0 Å². The van der Waals surface area contributed by atoms with Gasteiger partial charge >= 0.3 is 6.18 Å². The smallest absolute Gasteiger partial charge is 0.408 e. The lowest BCUT2D eigenvalue weighted by atomic mass is 10.00. The first-order valence-corrected chi connectivity index (χ1v) is 6.21. The van der Waals surface area contributed by atoms with Crippen molar-refractivity contribution in [1.29, 1.82) is 0 Å². The van der Waals surface area contributed by atoms with Gasteiger partial charge in [-0.05, 0) is 12.5 Å². The molecule has 0 amide bonds. The molecule has 1 aromatic rings. The molecule has 1 saturated heterocycles. The average Bonchev–Trinajstić information content (AvgIpc) is 2.35. The fraction of sp³-hybridized carbons (Fsp3) is 0.538. The highest BCUT2D eigenvalue weighted by Crippen LogP contribution is 2.42. The van der Waals surface area contributed by atoms with Gasteiger partial charge in [0.1, 0.15) is 11.8 Å². The van der Waals surface area contributed by atoms with Crippen LogP contribution in [-0.4, -0.2) is 42.4 Å². The molecule has 0 aliphatic carbocycles. The second kappa shape index (κ2) is 5.38. The number of nitrogens with zero attached hydrogens (tertiary/aromatic N) is 1. The van der Waals surface area contributed by atoms with Crippen LogP contribution in [0.25, 0.3) is 0 Å². The van der Waals surface area contributed by atoms with Crippen LogP contribution in [0.1, 0.15) is 17.2 Å². The fourth-order valence-corrected chi connectivity index (χ4v) is 2.42. The summed E-state index contributed by atoms with van der Waals surface area (Å²) in [4.78, 5) is 1.37. The van der Waals surface area contributed by atoms with E-state index >= 15 is 0 Å². The van der Waals surface area contributed by atoms with Crippen molar-refractivity contribution in [2.45, 2.75) is 19.1 Å². The number of aromatic hydroxyl groups is 1. The Morgan fingerprint density at radius 3 is 2.47 bits per heavy atom. The predicted molar refractivity (Wildman–Crippen MR) is 66.1 cm³/mol. The number of halogens is 3. The Morgan fingerprint density at radius 2 is 1.89 bits per heavy atom. The molecule has 0 saturated carbocycles. The minimum Gasteiger partial charge on any atom is -0.507 e. The predicted octanol–water partition coefficient (Wildman–Crippen LogP) is 2.21. The van der Waals surface area contributed by atoms with E-state index in [1.807, 2.05) is 0 Å². The van der Waals surface area contributed by atoms with Gasteiger partial charge in [-0.25, -0.2) is 0 Å². The molecule has 3 nitrogen and oxygen atoms in total. The van der Waals surface area contributed by atoms with Crippen LogP contribution in [0.2, 0.25) is 0 Å². The third kappa shape index (κ3) is 3.01. The van der Waals surface area contributed by atoms with Gasteiger partial charge in [0.2, 0.25) is 0 Å². The zero-order valence-electron chi connectivity index (χ0n) is 10.7. The normalized spacial score (nSPS) is 19.4. The van der Waals surface area contributed by atoms with E-state index in [1.54, 1.807) is 19.1 Å². The van der Waals surface area contributed by atoms with Crippen LogP contribution in [-0.2, 0) is 0 Å². The molecule has 6 heteroatoms. The van der Waals surface area contributed by atoms with Gasteiger partial charge in [-0.2, -0.15) is 13.2 Å². The second-order valence-corrected chi connectivity index (χ2v) is 4.74. The summed E-state index contributed by atoms with van der Waals surface area (Å²) in [5.74, 6) is -0.261. The molecule has 1 aliphatic heterocycles. The van der Waals surface area contributed by atoms with Crippen molar-refractivity contribution in [3.63, 3.8) is 0 Å². The highest BCUT2D eigenvalue weighted by Gasteiger charge is 2.46. The van der Waals surface area contributed by atoms with E-state index in [9.17, 15) is 18.3 Å². The van der Waals surface area contributed by atoms with Crippen molar-refractivity contribution >= 4 is 0 Å². The van der Waals surface area contributed by atoms with Gasteiger partial charge in [0.15, 0.2) is 0 Å². The molecule has 2 N–H and O–H groups in total. The number of nitrogens with one attached hydrogen (secondary N) is 1. The summed E-state index contributed by atoms with van der Waals surface area (Å²) < 4.78 is 40.0. The average molecular weight is 274 g/mol. The number of para-hydroxylation sites is 1. The van der Waals surface area contributed by atoms with Crippen molar-refractivity contribution in [3.8, 4) is 5.75 Å². The van der Waals surface area contributed by atoms with E-state index < -0.39 is 12.2 Å². The van der Waals surface area contributed by atoms with Crippen LogP contribution < -0.4 is 5.32 Å². The molecule has 1 atom stereocenters. The van der Waals surface area contributed by atoms with E-state index in [4.69, 9.17) is 0 Å². The Morgan fingerprint density at radius 1 is 1.26 bits per heavy atom. The Hall–Kier alpha value is -1.27. The molecule has 1 fully saturated rings. The number of piperazine rings is 1. The second-order valence-electron chi connectivity index (χ2n) is 4.74. The maximum absolute atomic E-state index is 13.3. The van der Waals surface area contributed by atoms with Crippen LogP contribution in [0.5, 0.6) is 5.75 Å². The third-order valence-electron chi connectivity index (χ3n) is 3.39. The van der Waals surface area contributed by atoms with Crippen LogP contribution in [0.15, 0.2) is 18.2 Å². The molecule has 106 valence electrons. The number of rotatable bonds is 2. The van der Waals surface area contributed by atoms with Gasteiger partial charge < -0.3 is 10.4 Å². The number of benzene rings is 1. The minimum absolute atomic E-state index is 0.0607. The van der Waals surface area contributed by atoms with Crippen LogP contribution >= 0.6 is 0 Å². The van der Waals surface area contributed by atoms with Crippen molar-refractivity contribution < 1.29 is 18.3 Å². The summed E-state index contributed by atoms with van der Waals surface area (Å²) in [7, 11) is 0. The molecule has 0 unspecified atom stereocenters. The van der Waals surface area contributed by atoms with E-state index in [0.717, 1.165) is 0 Å². The molecular formula is C13H17F3N2O. The molecule has 19 heavy (non-hydrogen) atoms. The third-order valence-corrected chi connectivity index (χ3v) is 3.39. The Balaban J connectivity index is 2.40. The summed E-state index contributed by atoms with van der Waals surface area (Å²) in [6.45, 7) is 3.29. The van der Waals surface area contributed by atoms with Crippen molar-refractivity contribution in [2.24, 2.45) is 0 Å². The molecule has 1 aromatic carbocycles. The minimum atomic E-state index is -4.40. The van der Waals surface area contributed by atoms with Gasteiger partial charge in [-0.15, -0.1) is 0 Å². The van der Waals surface area contributed by atoms with Gasteiger partial charge in [0, 0.05) is 31.7 Å². The van der Waals surface area contributed by atoms with E-state index in [0.29, 0.717) is 31.7 Å². The monoisotopic (exact) mass is 274 g/mol. The lowest BCUT2D eigenvalue weighted by Gasteiger charge is -2.36. The Bertz CT molecular complexity index is 442. The molecule has 0 bridgehead atoms. The highest BCUT2D eigenvalue weighted by molar-refractivity contribution is 5.42.